The first kappa shape index (κ1) is 21.5. The molecule has 3 heterocycles. The van der Waals surface area contributed by atoms with E-state index in [0.29, 0.717) is 12.5 Å². The van der Waals surface area contributed by atoms with Crippen molar-refractivity contribution >= 4 is 11.6 Å². The van der Waals surface area contributed by atoms with Gasteiger partial charge in [-0.2, -0.15) is 5.10 Å². The van der Waals surface area contributed by atoms with Crippen molar-refractivity contribution in [3.05, 3.63) is 65.1 Å². The Morgan fingerprint density at radius 2 is 2.00 bits per heavy atom. The molecule has 0 unspecified atom stereocenters. The van der Waals surface area contributed by atoms with Gasteiger partial charge in [-0.1, -0.05) is 30.3 Å². The van der Waals surface area contributed by atoms with Gasteiger partial charge < -0.3 is 15.0 Å². The maximum absolute atomic E-state index is 11.9. The molecule has 0 spiro atoms. The van der Waals surface area contributed by atoms with Gasteiger partial charge in [0, 0.05) is 43.9 Å². The van der Waals surface area contributed by atoms with Crippen LogP contribution >= 0.6 is 0 Å². The number of rotatable bonds is 8. The Morgan fingerprint density at radius 3 is 2.74 bits per heavy atom. The number of aromatic nitrogens is 3. The standard InChI is InChI=1S/C24H31N5O2/c1-18-14-22-25-15-21(16-26-23(30)17-31-2)24(29(22)27-18)20-9-12-28(13-10-20)11-8-19-6-4-3-5-7-19/h3-7,14-15,20H,8-13,16-17H2,1-2H3,(H,26,30). The van der Waals surface area contributed by atoms with Gasteiger partial charge in [0.15, 0.2) is 5.65 Å². The molecule has 0 aliphatic carbocycles. The quantitative estimate of drug-likeness (QED) is 0.606. The second-order valence-corrected chi connectivity index (χ2v) is 8.29. The van der Waals surface area contributed by atoms with Gasteiger partial charge in [-0.3, -0.25) is 4.79 Å². The van der Waals surface area contributed by atoms with Crippen LogP contribution in [-0.2, 0) is 22.5 Å². The highest BCUT2D eigenvalue weighted by Crippen LogP contribution is 2.31. The summed E-state index contributed by atoms with van der Waals surface area (Å²) >= 11 is 0. The topological polar surface area (TPSA) is 71.8 Å². The highest BCUT2D eigenvalue weighted by molar-refractivity contribution is 5.77. The summed E-state index contributed by atoms with van der Waals surface area (Å²) in [5.41, 5.74) is 5.42. The maximum Gasteiger partial charge on any atom is 0.246 e. The minimum atomic E-state index is -0.124. The number of amides is 1. The van der Waals surface area contributed by atoms with Crippen LogP contribution in [0.25, 0.3) is 5.65 Å². The van der Waals surface area contributed by atoms with Gasteiger partial charge in [0.1, 0.15) is 6.61 Å². The van der Waals surface area contributed by atoms with Crippen molar-refractivity contribution in [1.29, 1.82) is 0 Å². The number of hydrogen-bond donors (Lipinski definition) is 1. The van der Waals surface area contributed by atoms with Crippen molar-refractivity contribution in [2.75, 3.05) is 33.4 Å². The van der Waals surface area contributed by atoms with Gasteiger partial charge in [-0.15, -0.1) is 0 Å². The van der Waals surface area contributed by atoms with E-state index in [1.165, 1.54) is 18.4 Å². The predicted molar refractivity (Wildman–Crippen MR) is 120 cm³/mol. The lowest BCUT2D eigenvalue weighted by Crippen LogP contribution is -2.35. The molecule has 1 aromatic carbocycles. The van der Waals surface area contributed by atoms with Crippen LogP contribution in [0.15, 0.2) is 42.6 Å². The molecule has 1 aliphatic rings. The number of ether oxygens (including phenoxy) is 1. The Kier molecular flexibility index (Phi) is 6.94. The molecular formula is C24H31N5O2. The number of carbonyl (C=O) groups is 1. The highest BCUT2D eigenvalue weighted by Gasteiger charge is 2.26. The molecule has 0 saturated carbocycles. The Morgan fingerprint density at radius 1 is 1.23 bits per heavy atom. The van der Waals surface area contributed by atoms with Crippen molar-refractivity contribution in [2.24, 2.45) is 0 Å². The molecule has 2 aromatic heterocycles. The average Bonchev–Trinajstić information content (AvgIpc) is 3.17. The van der Waals surface area contributed by atoms with Crippen LogP contribution in [0, 0.1) is 6.92 Å². The number of nitrogens with one attached hydrogen (secondary N) is 1. The number of hydrogen-bond acceptors (Lipinski definition) is 5. The average molecular weight is 422 g/mol. The van der Waals surface area contributed by atoms with Crippen LogP contribution in [0.1, 0.15) is 41.3 Å². The minimum Gasteiger partial charge on any atom is -0.375 e. The number of likely N-dealkylation sites (tertiary alicyclic amines) is 1. The lowest BCUT2D eigenvalue weighted by Gasteiger charge is -2.33. The number of methoxy groups -OCH3 is 1. The summed E-state index contributed by atoms with van der Waals surface area (Å²) in [6, 6.07) is 12.7. The second-order valence-electron chi connectivity index (χ2n) is 8.29. The highest BCUT2D eigenvalue weighted by atomic mass is 16.5. The van der Waals surface area contributed by atoms with Crippen LogP contribution in [0.3, 0.4) is 0 Å². The molecule has 0 bridgehead atoms. The Labute approximate surface area is 183 Å². The van der Waals surface area contributed by atoms with E-state index < -0.39 is 0 Å². The lowest BCUT2D eigenvalue weighted by atomic mass is 9.90. The number of carbonyl (C=O) groups excluding carboxylic acids is 1. The molecule has 3 aromatic rings. The number of fused-ring (bicyclic) bond motifs is 1. The third kappa shape index (κ3) is 5.29. The summed E-state index contributed by atoms with van der Waals surface area (Å²) in [6.07, 6.45) is 5.12. The molecule has 1 saturated heterocycles. The summed E-state index contributed by atoms with van der Waals surface area (Å²) in [5, 5.41) is 7.65. The molecule has 1 fully saturated rings. The number of nitrogens with zero attached hydrogens (tertiary/aromatic N) is 4. The van der Waals surface area contributed by atoms with E-state index in [1.54, 1.807) is 0 Å². The predicted octanol–water partition coefficient (Wildman–Crippen LogP) is 2.72. The monoisotopic (exact) mass is 421 g/mol. The SMILES string of the molecule is COCC(=O)NCc1cnc2cc(C)nn2c1C1CCN(CCc2ccccc2)CC1. The van der Waals surface area contributed by atoms with Gasteiger partial charge in [0.05, 0.1) is 11.4 Å². The minimum absolute atomic E-state index is 0.0612. The summed E-state index contributed by atoms with van der Waals surface area (Å²) in [7, 11) is 1.52. The van der Waals surface area contributed by atoms with Gasteiger partial charge in [-0.25, -0.2) is 9.50 Å². The van der Waals surface area contributed by atoms with Crippen molar-refractivity contribution in [3.63, 3.8) is 0 Å². The van der Waals surface area contributed by atoms with E-state index in [9.17, 15) is 4.79 Å². The summed E-state index contributed by atoms with van der Waals surface area (Å²) in [6.45, 7) is 5.71. The van der Waals surface area contributed by atoms with Crippen LogP contribution in [0.4, 0.5) is 0 Å². The van der Waals surface area contributed by atoms with E-state index in [0.717, 1.165) is 55.8 Å². The van der Waals surface area contributed by atoms with Gasteiger partial charge in [0.25, 0.3) is 0 Å². The third-order valence-corrected chi connectivity index (χ3v) is 6.01. The molecule has 1 aliphatic heterocycles. The summed E-state index contributed by atoms with van der Waals surface area (Å²) in [4.78, 5) is 19.0. The summed E-state index contributed by atoms with van der Waals surface area (Å²) < 4.78 is 6.91. The van der Waals surface area contributed by atoms with E-state index in [4.69, 9.17) is 9.84 Å². The molecule has 1 amide bonds. The van der Waals surface area contributed by atoms with Crippen LogP contribution in [0.2, 0.25) is 0 Å². The zero-order chi connectivity index (χ0) is 21.6. The molecule has 31 heavy (non-hydrogen) atoms. The van der Waals surface area contributed by atoms with Crippen molar-refractivity contribution < 1.29 is 9.53 Å². The fourth-order valence-corrected chi connectivity index (χ4v) is 4.41. The van der Waals surface area contributed by atoms with Crippen molar-refractivity contribution in [1.82, 2.24) is 24.8 Å². The van der Waals surface area contributed by atoms with Crippen molar-refractivity contribution in [3.8, 4) is 0 Å². The van der Waals surface area contributed by atoms with Gasteiger partial charge >= 0.3 is 0 Å². The molecule has 0 atom stereocenters. The molecular weight excluding hydrogens is 390 g/mol. The van der Waals surface area contributed by atoms with Crippen LogP contribution in [0.5, 0.6) is 0 Å². The fourth-order valence-electron chi connectivity index (χ4n) is 4.41. The Bertz CT molecular complexity index is 1010. The normalized spacial score (nSPS) is 15.4. The largest absolute Gasteiger partial charge is 0.375 e. The van der Waals surface area contributed by atoms with Gasteiger partial charge in [0.2, 0.25) is 5.91 Å². The Hall–Kier alpha value is -2.77. The van der Waals surface area contributed by atoms with E-state index >= 15 is 0 Å². The van der Waals surface area contributed by atoms with E-state index in [-0.39, 0.29) is 12.5 Å². The first-order chi connectivity index (χ1) is 15.1. The zero-order valence-corrected chi connectivity index (χ0v) is 18.4. The maximum atomic E-state index is 11.9. The molecule has 1 N–H and O–H groups in total. The fraction of sp³-hybridized carbons (Fsp3) is 0.458. The molecule has 4 rings (SSSR count). The van der Waals surface area contributed by atoms with Crippen LogP contribution < -0.4 is 5.32 Å². The third-order valence-electron chi connectivity index (χ3n) is 6.01. The second kappa shape index (κ2) is 10.0. The molecule has 7 heteroatoms. The summed E-state index contributed by atoms with van der Waals surface area (Å²) in [5.74, 6) is 0.271. The van der Waals surface area contributed by atoms with Crippen molar-refractivity contribution in [2.45, 2.75) is 38.6 Å². The zero-order valence-electron chi connectivity index (χ0n) is 18.4. The van der Waals surface area contributed by atoms with E-state index in [1.807, 2.05) is 23.7 Å². The smallest absolute Gasteiger partial charge is 0.246 e. The number of piperidine rings is 1. The van der Waals surface area contributed by atoms with E-state index in [2.05, 4.69) is 45.5 Å². The molecule has 0 radical (unpaired) electrons. The van der Waals surface area contributed by atoms with Gasteiger partial charge in [-0.05, 0) is 44.8 Å². The molecule has 7 nitrogen and oxygen atoms in total. The number of aryl methyl sites for hydroxylation is 1. The first-order valence-electron chi connectivity index (χ1n) is 11.0. The first-order valence-corrected chi connectivity index (χ1v) is 11.0. The molecule has 164 valence electrons. The Balaban J connectivity index is 1.46. The van der Waals surface area contributed by atoms with Crippen LogP contribution in [-0.4, -0.2) is 58.8 Å². The lowest BCUT2D eigenvalue weighted by molar-refractivity contribution is -0.124. The number of benzene rings is 1.